The molecular formula is C10H16F3NO2S. The number of halogens is 3. The highest BCUT2D eigenvalue weighted by Crippen LogP contribution is 2.30. The van der Waals surface area contributed by atoms with Gasteiger partial charge in [-0.2, -0.15) is 13.2 Å². The number of thioether (sulfide) groups is 1. The second kappa shape index (κ2) is 5.95. The predicted molar refractivity (Wildman–Crippen MR) is 59.9 cm³/mol. The second-order valence-electron chi connectivity index (χ2n) is 4.31. The standard InChI is InChI=1S/C10H16F3NO2S/c1-7-2-3-14(8(6-7)9(15)16)4-5-17-10(11,12)13/h7-8H,2-6H2,1H3,(H,15,16). The zero-order valence-corrected chi connectivity index (χ0v) is 10.4. The Kier molecular flexibility index (Phi) is 5.12. The lowest BCUT2D eigenvalue weighted by Crippen LogP contribution is -2.47. The Morgan fingerprint density at radius 2 is 2.18 bits per heavy atom. The van der Waals surface area contributed by atoms with Crippen molar-refractivity contribution in [2.45, 2.75) is 31.3 Å². The zero-order valence-electron chi connectivity index (χ0n) is 9.54. The highest BCUT2D eigenvalue weighted by atomic mass is 32.2. The van der Waals surface area contributed by atoms with Crippen molar-refractivity contribution in [3.63, 3.8) is 0 Å². The van der Waals surface area contributed by atoms with Crippen molar-refractivity contribution in [3.05, 3.63) is 0 Å². The molecule has 17 heavy (non-hydrogen) atoms. The lowest BCUT2D eigenvalue weighted by atomic mass is 9.92. The van der Waals surface area contributed by atoms with Crippen molar-refractivity contribution in [3.8, 4) is 0 Å². The van der Waals surface area contributed by atoms with E-state index in [1.165, 1.54) is 0 Å². The number of aliphatic carboxylic acids is 1. The van der Waals surface area contributed by atoms with Crippen LogP contribution in [0.5, 0.6) is 0 Å². The van der Waals surface area contributed by atoms with Crippen LogP contribution in [0.3, 0.4) is 0 Å². The number of carboxylic acids is 1. The van der Waals surface area contributed by atoms with E-state index in [1.807, 2.05) is 6.92 Å². The van der Waals surface area contributed by atoms with Gasteiger partial charge < -0.3 is 5.11 Å². The zero-order chi connectivity index (χ0) is 13.1. The first-order chi connectivity index (χ1) is 7.79. The van der Waals surface area contributed by atoms with Crippen molar-refractivity contribution in [2.24, 2.45) is 5.92 Å². The molecule has 0 amide bonds. The third-order valence-electron chi connectivity index (χ3n) is 2.90. The summed E-state index contributed by atoms with van der Waals surface area (Å²) in [6.07, 6.45) is 1.37. The molecule has 0 bridgehead atoms. The molecule has 7 heteroatoms. The number of rotatable bonds is 4. The van der Waals surface area contributed by atoms with Crippen LogP contribution >= 0.6 is 11.8 Å². The summed E-state index contributed by atoms with van der Waals surface area (Å²) in [5.74, 6) is -0.724. The van der Waals surface area contributed by atoms with Crippen molar-refractivity contribution in [1.29, 1.82) is 0 Å². The van der Waals surface area contributed by atoms with Gasteiger partial charge in [0.2, 0.25) is 0 Å². The molecule has 2 unspecified atom stereocenters. The summed E-state index contributed by atoms with van der Waals surface area (Å²) in [5, 5.41) is 9.01. The molecule has 1 rings (SSSR count). The molecular weight excluding hydrogens is 255 g/mol. The van der Waals surface area contributed by atoms with E-state index in [4.69, 9.17) is 5.11 Å². The third-order valence-corrected chi connectivity index (χ3v) is 3.62. The van der Waals surface area contributed by atoms with Crippen LogP contribution in [-0.4, -0.2) is 46.4 Å². The summed E-state index contributed by atoms with van der Waals surface area (Å²) in [5.41, 5.74) is -4.23. The third kappa shape index (κ3) is 5.16. The molecule has 3 nitrogen and oxygen atoms in total. The molecule has 1 saturated heterocycles. The molecule has 1 fully saturated rings. The molecule has 1 aliphatic rings. The van der Waals surface area contributed by atoms with Crippen LogP contribution in [0.4, 0.5) is 13.2 Å². The first-order valence-corrected chi connectivity index (χ1v) is 6.45. The summed E-state index contributed by atoms with van der Waals surface area (Å²) in [6.45, 7) is 2.71. The molecule has 2 atom stereocenters. The molecule has 0 spiro atoms. The van der Waals surface area contributed by atoms with Crippen molar-refractivity contribution >= 4 is 17.7 Å². The molecule has 1 N–H and O–H groups in total. The Bertz CT molecular complexity index is 273. The van der Waals surface area contributed by atoms with Gasteiger partial charge in [0.25, 0.3) is 0 Å². The van der Waals surface area contributed by atoms with E-state index in [1.54, 1.807) is 4.90 Å². The van der Waals surface area contributed by atoms with E-state index < -0.39 is 17.5 Å². The van der Waals surface area contributed by atoms with E-state index in [2.05, 4.69) is 0 Å². The lowest BCUT2D eigenvalue weighted by molar-refractivity contribution is -0.145. The monoisotopic (exact) mass is 271 g/mol. The number of hydrogen-bond donors (Lipinski definition) is 1. The van der Waals surface area contributed by atoms with E-state index in [0.717, 1.165) is 6.42 Å². The minimum absolute atomic E-state index is 0.0928. The van der Waals surface area contributed by atoms with Gasteiger partial charge >= 0.3 is 11.5 Å². The van der Waals surface area contributed by atoms with E-state index in [9.17, 15) is 18.0 Å². The van der Waals surface area contributed by atoms with Gasteiger partial charge in [-0.1, -0.05) is 6.92 Å². The maximum atomic E-state index is 12.0. The van der Waals surface area contributed by atoms with Gasteiger partial charge in [0, 0.05) is 12.3 Å². The lowest BCUT2D eigenvalue weighted by Gasteiger charge is -2.35. The van der Waals surface area contributed by atoms with E-state index in [0.29, 0.717) is 18.9 Å². The van der Waals surface area contributed by atoms with Crippen LogP contribution in [0.1, 0.15) is 19.8 Å². The van der Waals surface area contributed by atoms with Gasteiger partial charge in [-0.3, -0.25) is 9.69 Å². The number of piperidine rings is 1. The van der Waals surface area contributed by atoms with Crippen LogP contribution in [0.2, 0.25) is 0 Å². The topological polar surface area (TPSA) is 40.5 Å². The first kappa shape index (κ1) is 14.6. The molecule has 100 valence electrons. The van der Waals surface area contributed by atoms with Crippen molar-refractivity contribution in [2.75, 3.05) is 18.8 Å². The quantitative estimate of drug-likeness (QED) is 0.852. The van der Waals surface area contributed by atoms with Crippen LogP contribution in [0.15, 0.2) is 0 Å². The van der Waals surface area contributed by atoms with Gasteiger partial charge in [-0.15, -0.1) is 0 Å². The summed E-state index contributed by atoms with van der Waals surface area (Å²) in [6, 6.07) is -0.632. The van der Waals surface area contributed by atoms with Gasteiger partial charge in [0.1, 0.15) is 6.04 Å². The second-order valence-corrected chi connectivity index (χ2v) is 5.47. The fourth-order valence-electron chi connectivity index (χ4n) is 1.99. The normalized spacial score (nSPS) is 27.1. The minimum Gasteiger partial charge on any atom is -0.480 e. The van der Waals surface area contributed by atoms with Gasteiger partial charge in [-0.25, -0.2) is 0 Å². The summed E-state index contributed by atoms with van der Waals surface area (Å²) in [4.78, 5) is 12.6. The van der Waals surface area contributed by atoms with Gasteiger partial charge in [0.15, 0.2) is 0 Å². The Hall–Kier alpha value is -0.430. The van der Waals surface area contributed by atoms with Crippen LogP contribution in [0.25, 0.3) is 0 Å². The largest absolute Gasteiger partial charge is 0.480 e. The number of carboxylic acid groups (broad SMARTS) is 1. The molecule has 0 radical (unpaired) electrons. The summed E-state index contributed by atoms with van der Waals surface area (Å²) in [7, 11) is 0. The summed E-state index contributed by atoms with van der Waals surface area (Å²) >= 11 is -0.0928. The highest BCUT2D eigenvalue weighted by Gasteiger charge is 2.33. The highest BCUT2D eigenvalue weighted by molar-refractivity contribution is 8.00. The average Bonchev–Trinajstić information content (AvgIpc) is 2.18. The number of hydrogen-bond acceptors (Lipinski definition) is 3. The van der Waals surface area contributed by atoms with Crippen molar-refractivity contribution < 1.29 is 23.1 Å². The average molecular weight is 271 g/mol. The SMILES string of the molecule is CC1CCN(CCSC(F)(F)F)C(C(=O)O)C1. The van der Waals surface area contributed by atoms with E-state index in [-0.39, 0.29) is 24.1 Å². The molecule has 1 aliphatic heterocycles. The molecule has 0 aromatic carbocycles. The minimum atomic E-state index is -4.23. The van der Waals surface area contributed by atoms with Gasteiger partial charge in [-0.05, 0) is 37.1 Å². The smallest absolute Gasteiger partial charge is 0.441 e. The first-order valence-electron chi connectivity index (χ1n) is 5.47. The maximum absolute atomic E-state index is 12.0. The number of alkyl halides is 3. The number of likely N-dealkylation sites (tertiary alicyclic amines) is 1. The van der Waals surface area contributed by atoms with Crippen molar-refractivity contribution in [1.82, 2.24) is 4.90 Å². The molecule has 0 saturated carbocycles. The molecule has 0 aromatic rings. The predicted octanol–water partition coefficient (Wildman–Crippen LogP) is 2.42. The number of carbonyl (C=O) groups is 1. The van der Waals surface area contributed by atoms with Gasteiger partial charge in [0.05, 0.1) is 0 Å². The molecule has 0 aromatic heterocycles. The maximum Gasteiger partial charge on any atom is 0.441 e. The van der Waals surface area contributed by atoms with Crippen LogP contribution < -0.4 is 0 Å². The Balaban J connectivity index is 2.42. The Morgan fingerprint density at radius 1 is 1.53 bits per heavy atom. The van der Waals surface area contributed by atoms with Crippen LogP contribution in [-0.2, 0) is 4.79 Å². The summed E-state index contributed by atoms with van der Waals surface area (Å²) < 4.78 is 35.9. The van der Waals surface area contributed by atoms with Crippen LogP contribution in [0, 0.1) is 5.92 Å². The number of nitrogens with zero attached hydrogens (tertiary/aromatic N) is 1. The fourth-order valence-corrected chi connectivity index (χ4v) is 2.55. The Morgan fingerprint density at radius 3 is 2.71 bits per heavy atom. The van der Waals surface area contributed by atoms with E-state index >= 15 is 0 Å². The Labute approximate surface area is 102 Å². The molecule has 0 aliphatic carbocycles. The fraction of sp³-hybridized carbons (Fsp3) is 0.900. The molecule has 1 heterocycles.